The van der Waals surface area contributed by atoms with Crippen LogP contribution in [0.25, 0.3) is 0 Å². The Morgan fingerprint density at radius 3 is 2.47 bits per heavy atom. The highest BCUT2D eigenvalue weighted by atomic mass is 19.4. The van der Waals surface area contributed by atoms with Crippen molar-refractivity contribution in [3.8, 4) is 5.75 Å². The van der Waals surface area contributed by atoms with Crippen molar-refractivity contribution >= 4 is 0 Å². The molecule has 4 heteroatoms. The van der Waals surface area contributed by atoms with Gasteiger partial charge in [0, 0.05) is 0 Å². The van der Waals surface area contributed by atoms with E-state index in [9.17, 15) is 13.2 Å². The van der Waals surface area contributed by atoms with Crippen LogP contribution >= 0.6 is 0 Å². The van der Waals surface area contributed by atoms with Gasteiger partial charge in [0.15, 0.2) is 0 Å². The van der Waals surface area contributed by atoms with E-state index in [1.54, 1.807) is 25.1 Å². The fraction of sp³-hybridized carbons (Fsp3) is 0.462. The maximum absolute atomic E-state index is 12.4. The van der Waals surface area contributed by atoms with Crippen LogP contribution in [0.15, 0.2) is 18.2 Å². The Morgan fingerprint density at radius 2 is 2.00 bits per heavy atom. The lowest BCUT2D eigenvalue weighted by atomic mass is 9.97. The van der Waals surface area contributed by atoms with Gasteiger partial charge < -0.3 is 4.74 Å². The zero-order valence-electron chi connectivity index (χ0n) is 9.97. The normalized spacial score (nSPS) is 11.9. The molecule has 1 aromatic carbocycles. The summed E-state index contributed by atoms with van der Waals surface area (Å²) in [6.07, 6.45) is -3.33. The SMILES string of the molecule is [CH2]C(C)c1cccc(CCC)c1OC(F)(F)F. The Bertz CT molecular complexity index is 369. The van der Waals surface area contributed by atoms with Crippen molar-refractivity contribution in [3.63, 3.8) is 0 Å². The van der Waals surface area contributed by atoms with Crippen LogP contribution in [0.3, 0.4) is 0 Å². The van der Waals surface area contributed by atoms with Crippen LogP contribution < -0.4 is 4.74 Å². The highest BCUT2D eigenvalue weighted by Gasteiger charge is 2.33. The molecule has 0 aliphatic carbocycles. The van der Waals surface area contributed by atoms with Gasteiger partial charge in [-0.1, -0.05) is 38.5 Å². The number of alkyl halides is 3. The van der Waals surface area contributed by atoms with Crippen LogP contribution in [0.4, 0.5) is 13.2 Å². The van der Waals surface area contributed by atoms with Crippen LogP contribution in [0.2, 0.25) is 0 Å². The van der Waals surface area contributed by atoms with Gasteiger partial charge in [0.25, 0.3) is 0 Å². The number of ether oxygens (including phenoxy) is 1. The van der Waals surface area contributed by atoms with Gasteiger partial charge in [0.2, 0.25) is 0 Å². The minimum atomic E-state index is -4.66. The summed E-state index contributed by atoms with van der Waals surface area (Å²) in [5.74, 6) is -0.325. The third-order valence-corrected chi connectivity index (χ3v) is 2.40. The lowest BCUT2D eigenvalue weighted by molar-refractivity contribution is -0.275. The fourth-order valence-electron chi connectivity index (χ4n) is 1.70. The Kier molecular flexibility index (Phi) is 4.43. The molecule has 1 unspecified atom stereocenters. The Morgan fingerprint density at radius 1 is 1.35 bits per heavy atom. The summed E-state index contributed by atoms with van der Waals surface area (Å²) in [6.45, 7) is 7.41. The maximum atomic E-state index is 12.4. The molecule has 0 fully saturated rings. The van der Waals surface area contributed by atoms with Crippen molar-refractivity contribution in [2.45, 2.75) is 39.0 Å². The smallest absolute Gasteiger partial charge is 0.405 e. The van der Waals surface area contributed by atoms with E-state index in [1.807, 2.05) is 6.92 Å². The van der Waals surface area contributed by atoms with Crippen molar-refractivity contribution in [3.05, 3.63) is 36.2 Å². The Labute approximate surface area is 99.6 Å². The molecule has 0 amide bonds. The van der Waals surface area contributed by atoms with E-state index < -0.39 is 6.36 Å². The largest absolute Gasteiger partial charge is 0.573 e. The van der Waals surface area contributed by atoms with Gasteiger partial charge in [-0.15, -0.1) is 13.2 Å². The second-order valence-corrected chi connectivity index (χ2v) is 4.03. The van der Waals surface area contributed by atoms with Crippen LogP contribution in [0.5, 0.6) is 5.75 Å². The standard InChI is InChI=1S/C13H16F3O/c1-4-6-10-7-5-8-11(9(2)3)12(10)17-13(14,15)16/h5,7-9H,2,4,6H2,1,3H3. The zero-order chi connectivity index (χ0) is 13.1. The third-order valence-electron chi connectivity index (χ3n) is 2.40. The lowest BCUT2D eigenvalue weighted by Crippen LogP contribution is -2.19. The van der Waals surface area contributed by atoms with Gasteiger partial charge in [0.05, 0.1) is 0 Å². The molecule has 1 atom stereocenters. The first-order valence-corrected chi connectivity index (χ1v) is 5.55. The molecule has 0 spiro atoms. The molecule has 1 nitrogen and oxygen atoms in total. The number of para-hydroxylation sites is 1. The van der Waals surface area contributed by atoms with Gasteiger partial charge in [-0.05, 0) is 30.4 Å². The molecule has 0 aliphatic heterocycles. The number of hydrogen-bond donors (Lipinski definition) is 0. The molecule has 0 aliphatic rings. The minimum Gasteiger partial charge on any atom is -0.405 e. The molecule has 0 bridgehead atoms. The van der Waals surface area contributed by atoms with Crippen LogP contribution in [-0.4, -0.2) is 6.36 Å². The second-order valence-electron chi connectivity index (χ2n) is 4.03. The molecule has 95 valence electrons. The second kappa shape index (κ2) is 5.43. The zero-order valence-corrected chi connectivity index (χ0v) is 9.97. The van der Waals surface area contributed by atoms with Crippen molar-refractivity contribution < 1.29 is 17.9 Å². The van der Waals surface area contributed by atoms with Gasteiger partial charge in [-0.2, -0.15) is 0 Å². The van der Waals surface area contributed by atoms with Crippen LogP contribution in [0.1, 0.15) is 37.3 Å². The summed E-state index contributed by atoms with van der Waals surface area (Å²) < 4.78 is 41.2. The summed E-state index contributed by atoms with van der Waals surface area (Å²) in [7, 11) is 0. The number of hydrogen-bond acceptors (Lipinski definition) is 1. The highest BCUT2D eigenvalue weighted by molar-refractivity contribution is 5.44. The predicted octanol–water partition coefficient (Wildman–Crippen LogP) is 4.48. The Balaban J connectivity index is 3.18. The van der Waals surface area contributed by atoms with Gasteiger partial charge in [-0.25, -0.2) is 0 Å². The summed E-state index contributed by atoms with van der Waals surface area (Å²) in [6, 6.07) is 5.03. The quantitative estimate of drug-likeness (QED) is 0.760. The average molecular weight is 245 g/mol. The monoisotopic (exact) mass is 245 g/mol. The number of aryl methyl sites for hydroxylation is 1. The Hall–Kier alpha value is -1.19. The molecule has 0 N–H and O–H groups in total. The molecule has 1 aromatic rings. The van der Waals surface area contributed by atoms with Crippen molar-refractivity contribution in [2.24, 2.45) is 0 Å². The summed E-state index contributed by atoms with van der Waals surface area (Å²) in [5, 5.41) is 0. The first kappa shape index (κ1) is 13.9. The number of halogens is 3. The highest BCUT2D eigenvalue weighted by Crippen LogP contribution is 2.34. The van der Waals surface area contributed by atoms with E-state index in [0.717, 1.165) is 6.42 Å². The topological polar surface area (TPSA) is 9.23 Å². The molecule has 0 saturated heterocycles. The maximum Gasteiger partial charge on any atom is 0.573 e. The first-order chi connectivity index (χ1) is 7.85. The molecular weight excluding hydrogens is 229 g/mol. The minimum absolute atomic E-state index is 0.0793. The number of rotatable bonds is 4. The molecule has 17 heavy (non-hydrogen) atoms. The first-order valence-electron chi connectivity index (χ1n) is 5.55. The lowest BCUT2D eigenvalue weighted by Gasteiger charge is -2.18. The molecule has 0 heterocycles. The summed E-state index contributed by atoms with van der Waals surface area (Å²) in [5.41, 5.74) is 1.08. The van der Waals surface area contributed by atoms with Crippen molar-refractivity contribution in [1.82, 2.24) is 0 Å². The summed E-state index contributed by atoms with van der Waals surface area (Å²) >= 11 is 0. The molecule has 1 radical (unpaired) electrons. The van der Waals surface area contributed by atoms with Crippen molar-refractivity contribution in [1.29, 1.82) is 0 Å². The van der Waals surface area contributed by atoms with Crippen LogP contribution in [0, 0.1) is 6.92 Å². The fourth-order valence-corrected chi connectivity index (χ4v) is 1.70. The molecule has 0 aromatic heterocycles. The molecule has 0 saturated carbocycles. The summed E-state index contributed by atoms with van der Waals surface area (Å²) in [4.78, 5) is 0. The van der Waals surface area contributed by atoms with E-state index in [2.05, 4.69) is 11.7 Å². The van der Waals surface area contributed by atoms with Crippen LogP contribution in [-0.2, 0) is 6.42 Å². The predicted molar refractivity (Wildman–Crippen MR) is 60.9 cm³/mol. The van der Waals surface area contributed by atoms with E-state index in [1.165, 1.54) is 0 Å². The third kappa shape index (κ3) is 3.95. The van der Waals surface area contributed by atoms with Gasteiger partial charge in [-0.3, -0.25) is 0 Å². The number of benzene rings is 1. The molecule has 1 rings (SSSR count). The average Bonchev–Trinajstić information content (AvgIpc) is 2.18. The van der Waals surface area contributed by atoms with E-state index >= 15 is 0 Å². The van der Waals surface area contributed by atoms with Gasteiger partial charge >= 0.3 is 6.36 Å². The van der Waals surface area contributed by atoms with E-state index in [-0.39, 0.29) is 11.7 Å². The molecular formula is C13H16F3O. The van der Waals surface area contributed by atoms with Crippen molar-refractivity contribution in [2.75, 3.05) is 0 Å². The van der Waals surface area contributed by atoms with E-state index in [4.69, 9.17) is 0 Å². The van der Waals surface area contributed by atoms with Gasteiger partial charge in [0.1, 0.15) is 5.75 Å². The van der Waals surface area contributed by atoms with E-state index in [0.29, 0.717) is 17.5 Å².